The van der Waals surface area contributed by atoms with Crippen LogP contribution in [-0.4, -0.2) is 25.4 Å². The van der Waals surface area contributed by atoms with Crippen molar-refractivity contribution < 1.29 is 4.92 Å². The zero-order valence-corrected chi connectivity index (χ0v) is 20.3. The molecule has 35 heavy (non-hydrogen) atoms. The first kappa shape index (κ1) is 22.7. The maximum absolute atomic E-state index is 13.2. The molecule has 0 unspecified atom stereocenters. The summed E-state index contributed by atoms with van der Waals surface area (Å²) in [6, 6.07) is 19.9. The van der Waals surface area contributed by atoms with Gasteiger partial charge in [0, 0.05) is 52.2 Å². The highest BCUT2D eigenvalue weighted by Gasteiger charge is 2.12. The Balaban J connectivity index is 1.58. The molecule has 174 valence electrons. The van der Waals surface area contributed by atoms with Crippen molar-refractivity contribution in [3.05, 3.63) is 115 Å². The van der Waals surface area contributed by atoms with Crippen molar-refractivity contribution in [2.75, 3.05) is 0 Å². The van der Waals surface area contributed by atoms with Crippen molar-refractivity contribution in [2.24, 2.45) is 5.10 Å². The average molecular weight is 530 g/mol. The van der Waals surface area contributed by atoms with E-state index >= 15 is 0 Å². The Morgan fingerprint density at radius 2 is 1.91 bits per heavy atom. The smallest absolute Gasteiger partial charge is 0.282 e. The van der Waals surface area contributed by atoms with Gasteiger partial charge in [0.25, 0.3) is 11.2 Å². The predicted octanol–water partition coefficient (Wildman–Crippen LogP) is 5.51. The van der Waals surface area contributed by atoms with Crippen molar-refractivity contribution in [1.29, 1.82) is 0 Å². The highest BCUT2D eigenvalue weighted by molar-refractivity contribution is 9.10. The lowest BCUT2D eigenvalue weighted by Crippen LogP contribution is -2.22. The minimum Gasteiger partial charge on any atom is -0.342 e. The zero-order chi connectivity index (χ0) is 24.5. The number of nitro groups is 1. The van der Waals surface area contributed by atoms with E-state index in [0.717, 1.165) is 26.5 Å². The van der Waals surface area contributed by atoms with Gasteiger partial charge in [0.1, 0.15) is 5.82 Å². The molecule has 0 aliphatic rings. The lowest BCUT2D eigenvalue weighted by atomic mass is 10.2. The first-order valence-corrected chi connectivity index (χ1v) is 11.8. The molecule has 0 bridgehead atoms. The molecule has 5 rings (SSSR count). The number of para-hydroxylation sites is 1. The summed E-state index contributed by atoms with van der Waals surface area (Å²) in [5, 5.41) is 17.2. The highest BCUT2D eigenvalue weighted by atomic mass is 79.9. The van der Waals surface area contributed by atoms with Gasteiger partial charge in [-0.1, -0.05) is 53.2 Å². The third-order valence-electron chi connectivity index (χ3n) is 5.80. The highest BCUT2D eigenvalue weighted by Crippen LogP contribution is 2.23. The normalized spacial score (nSPS) is 11.6. The van der Waals surface area contributed by atoms with E-state index in [1.54, 1.807) is 24.4 Å². The number of aryl methyl sites for hydroxylation is 1. The number of halogens is 1. The first-order chi connectivity index (χ1) is 16.9. The molecule has 0 spiro atoms. The van der Waals surface area contributed by atoms with E-state index in [-0.39, 0.29) is 11.2 Å². The van der Waals surface area contributed by atoms with E-state index in [9.17, 15) is 14.9 Å². The second-order valence-corrected chi connectivity index (χ2v) is 8.98. The van der Waals surface area contributed by atoms with E-state index < -0.39 is 4.92 Å². The molecular formula is C26H20BrN5O3. The summed E-state index contributed by atoms with van der Waals surface area (Å²) < 4.78 is 4.17. The molecule has 0 saturated heterocycles. The number of aromatic nitrogens is 3. The van der Waals surface area contributed by atoms with Gasteiger partial charge >= 0.3 is 0 Å². The Kier molecular flexibility index (Phi) is 6.00. The molecule has 0 amide bonds. The van der Waals surface area contributed by atoms with Gasteiger partial charge < -0.3 is 4.57 Å². The number of fused-ring (bicyclic) bond motifs is 2. The maximum Gasteiger partial charge on any atom is 0.282 e. The fourth-order valence-corrected chi connectivity index (χ4v) is 4.50. The van der Waals surface area contributed by atoms with Crippen LogP contribution in [0.3, 0.4) is 0 Å². The van der Waals surface area contributed by atoms with Crippen LogP contribution in [0.4, 0.5) is 5.69 Å². The molecule has 0 fully saturated rings. The van der Waals surface area contributed by atoms with E-state index in [2.05, 4.69) is 26.0 Å². The fraction of sp³-hybridized carbons (Fsp3) is 0.115. The van der Waals surface area contributed by atoms with Crippen LogP contribution in [0.25, 0.3) is 21.8 Å². The summed E-state index contributed by atoms with van der Waals surface area (Å²) in [7, 11) is 0. The second kappa shape index (κ2) is 9.27. The molecule has 2 heterocycles. The third-order valence-corrected chi connectivity index (χ3v) is 6.29. The fourth-order valence-electron chi connectivity index (χ4n) is 4.14. The van der Waals surface area contributed by atoms with Crippen LogP contribution in [0.1, 0.15) is 23.9 Å². The second-order valence-electron chi connectivity index (χ2n) is 8.06. The molecule has 0 N–H and O–H groups in total. The van der Waals surface area contributed by atoms with Crippen LogP contribution < -0.4 is 5.56 Å². The van der Waals surface area contributed by atoms with E-state index in [0.29, 0.717) is 29.7 Å². The van der Waals surface area contributed by atoms with Gasteiger partial charge in [-0.15, -0.1) is 0 Å². The van der Waals surface area contributed by atoms with Crippen molar-refractivity contribution in [2.45, 2.75) is 19.9 Å². The van der Waals surface area contributed by atoms with Crippen molar-refractivity contribution in [1.82, 2.24) is 14.2 Å². The standard InChI is InChI=1S/C26H20BrN5O3/c1-2-25-29-23-11-10-19(27)13-22(23)26(33)31(25)28-14-18-16-30(24-9-4-3-8-21(18)24)15-17-6-5-7-20(12-17)32(34)35/h3-14,16H,2,15H2,1H3. The molecule has 0 aliphatic carbocycles. The van der Waals surface area contributed by atoms with E-state index in [1.807, 2.05) is 60.2 Å². The molecule has 0 saturated carbocycles. The van der Waals surface area contributed by atoms with Gasteiger partial charge in [-0.05, 0) is 29.8 Å². The minimum absolute atomic E-state index is 0.0580. The molecule has 8 nitrogen and oxygen atoms in total. The van der Waals surface area contributed by atoms with Crippen LogP contribution >= 0.6 is 15.9 Å². The number of hydrogen-bond acceptors (Lipinski definition) is 5. The quantitative estimate of drug-likeness (QED) is 0.164. The summed E-state index contributed by atoms with van der Waals surface area (Å²) in [4.78, 5) is 28.6. The number of non-ortho nitro benzene ring substituents is 1. The molecule has 3 aromatic carbocycles. The molecule has 0 atom stereocenters. The average Bonchev–Trinajstić information content (AvgIpc) is 3.21. The van der Waals surface area contributed by atoms with Gasteiger partial charge in [0.05, 0.1) is 22.0 Å². The Bertz CT molecular complexity index is 1690. The number of nitrogens with zero attached hydrogens (tertiary/aromatic N) is 5. The number of benzene rings is 3. The summed E-state index contributed by atoms with van der Waals surface area (Å²) >= 11 is 3.42. The largest absolute Gasteiger partial charge is 0.342 e. The Hall–Kier alpha value is -4.11. The lowest BCUT2D eigenvalue weighted by molar-refractivity contribution is -0.384. The predicted molar refractivity (Wildman–Crippen MR) is 140 cm³/mol. The molecule has 9 heteroatoms. The van der Waals surface area contributed by atoms with Crippen LogP contribution in [0.5, 0.6) is 0 Å². The number of hydrogen-bond donors (Lipinski definition) is 0. The van der Waals surface area contributed by atoms with Gasteiger partial charge in [-0.25, -0.2) is 4.98 Å². The molecule has 0 aliphatic heterocycles. The number of nitro benzene ring substituents is 1. The monoisotopic (exact) mass is 529 g/mol. The Morgan fingerprint density at radius 3 is 2.71 bits per heavy atom. The SMILES string of the molecule is CCc1nc2ccc(Br)cc2c(=O)n1N=Cc1cn(Cc2cccc([N+](=O)[O-])c2)c2ccccc12. The Morgan fingerprint density at radius 1 is 1.09 bits per heavy atom. The van der Waals surface area contributed by atoms with Crippen LogP contribution in [0.2, 0.25) is 0 Å². The summed E-state index contributed by atoms with van der Waals surface area (Å²) in [5.41, 5.74) is 3.07. The van der Waals surface area contributed by atoms with Crippen molar-refractivity contribution >= 4 is 49.6 Å². The maximum atomic E-state index is 13.2. The van der Waals surface area contributed by atoms with Crippen molar-refractivity contribution in [3.8, 4) is 0 Å². The topological polar surface area (TPSA) is 95.3 Å². The first-order valence-electron chi connectivity index (χ1n) is 11.0. The molecule has 5 aromatic rings. The van der Waals surface area contributed by atoms with Crippen LogP contribution in [0.15, 0.2) is 87.3 Å². The summed E-state index contributed by atoms with van der Waals surface area (Å²) in [6.45, 7) is 2.39. The summed E-state index contributed by atoms with van der Waals surface area (Å²) in [5.74, 6) is 0.571. The van der Waals surface area contributed by atoms with E-state index in [4.69, 9.17) is 0 Å². The Labute approximate surface area is 208 Å². The van der Waals surface area contributed by atoms with Gasteiger partial charge in [0.2, 0.25) is 0 Å². The molecular weight excluding hydrogens is 510 g/mol. The summed E-state index contributed by atoms with van der Waals surface area (Å²) in [6.07, 6.45) is 4.15. The third kappa shape index (κ3) is 4.38. The van der Waals surface area contributed by atoms with Crippen LogP contribution in [0, 0.1) is 10.1 Å². The minimum atomic E-state index is -0.394. The zero-order valence-electron chi connectivity index (χ0n) is 18.8. The molecule has 2 aromatic heterocycles. The van der Waals surface area contributed by atoms with Gasteiger partial charge in [-0.2, -0.15) is 9.78 Å². The van der Waals surface area contributed by atoms with Gasteiger partial charge in [-0.3, -0.25) is 14.9 Å². The lowest BCUT2D eigenvalue weighted by Gasteiger charge is -2.07. The number of rotatable bonds is 6. The molecule has 0 radical (unpaired) electrons. The van der Waals surface area contributed by atoms with Crippen molar-refractivity contribution in [3.63, 3.8) is 0 Å². The van der Waals surface area contributed by atoms with Crippen LogP contribution in [-0.2, 0) is 13.0 Å². The van der Waals surface area contributed by atoms with Gasteiger partial charge in [0.15, 0.2) is 0 Å². The van der Waals surface area contributed by atoms with E-state index in [1.165, 1.54) is 10.7 Å².